The van der Waals surface area contributed by atoms with Gasteiger partial charge in [0.2, 0.25) is 0 Å². The first-order chi connectivity index (χ1) is 11.1. The number of nitrogens with two attached hydrogens (primary N) is 1. The van der Waals surface area contributed by atoms with Crippen molar-refractivity contribution in [2.24, 2.45) is 0 Å². The van der Waals surface area contributed by atoms with Crippen molar-refractivity contribution in [2.45, 2.75) is 13.0 Å². The standard InChI is InChI=1S/C17H18ClN3O2/c18-15-10-14(16(19)21-11-15)8-4-5-9-20-17(22)23-12-13-6-2-1-3-7-13/h1-4,6-8,10-11H,5,9,12H2,(H2,19,21)(H,20,22). The van der Waals surface area contributed by atoms with Gasteiger partial charge in [0.15, 0.2) is 0 Å². The Kier molecular flexibility index (Phi) is 6.44. The Morgan fingerprint density at radius 3 is 2.91 bits per heavy atom. The maximum Gasteiger partial charge on any atom is 0.407 e. The third-order valence-electron chi connectivity index (χ3n) is 3.01. The summed E-state index contributed by atoms with van der Waals surface area (Å²) >= 11 is 5.86. The van der Waals surface area contributed by atoms with Crippen LogP contribution in [-0.2, 0) is 11.3 Å². The maximum absolute atomic E-state index is 11.5. The lowest BCUT2D eigenvalue weighted by Gasteiger charge is -2.06. The number of aromatic nitrogens is 1. The molecule has 1 aromatic carbocycles. The van der Waals surface area contributed by atoms with E-state index in [0.717, 1.165) is 11.1 Å². The summed E-state index contributed by atoms with van der Waals surface area (Å²) in [6.45, 7) is 0.727. The molecule has 0 bridgehead atoms. The van der Waals surface area contributed by atoms with Crippen molar-refractivity contribution in [3.63, 3.8) is 0 Å². The highest BCUT2D eigenvalue weighted by Crippen LogP contribution is 2.16. The van der Waals surface area contributed by atoms with Crippen molar-refractivity contribution >= 4 is 29.6 Å². The SMILES string of the molecule is Nc1ncc(Cl)cc1C=CCCNC(=O)OCc1ccccc1. The average molecular weight is 332 g/mol. The molecular formula is C17H18ClN3O2. The third-order valence-corrected chi connectivity index (χ3v) is 3.21. The Morgan fingerprint density at radius 2 is 2.13 bits per heavy atom. The van der Waals surface area contributed by atoms with Gasteiger partial charge in [-0.25, -0.2) is 9.78 Å². The van der Waals surface area contributed by atoms with Gasteiger partial charge in [-0.2, -0.15) is 0 Å². The van der Waals surface area contributed by atoms with Crippen molar-refractivity contribution in [2.75, 3.05) is 12.3 Å². The van der Waals surface area contributed by atoms with E-state index in [-0.39, 0.29) is 6.61 Å². The van der Waals surface area contributed by atoms with E-state index >= 15 is 0 Å². The van der Waals surface area contributed by atoms with Crippen molar-refractivity contribution < 1.29 is 9.53 Å². The molecule has 2 rings (SSSR count). The van der Waals surface area contributed by atoms with Gasteiger partial charge in [0, 0.05) is 18.3 Å². The van der Waals surface area contributed by atoms with Crippen LogP contribution in [0.1, 0.15) is 17.5 Å². The molecule has 0 fully saturated rings. The lowest BCUT2D eigenvalue weighted by molar-refractivity contribution is 0.140. The molecule has 1 amide bonds. The summed E-state index contributed by atoms with van der Waals surface area (Å²) in [5.74, 6) is 0.417. The normalized spacial score (nSPS) is 10.7. The number of nitrogens with one attached hydrogen (secondary N) is 1. The van der Waals surface area contributed by atoms with Crippen LogP contribution < -0.4 is 11.1 Å². The Balaban J connectivity index is 1.67. The van der Waals surface area contributed by atoms with Crippen LogP contribution in [0.25, 0.3) is 6.08 Å². The minimum absolute atomic E-state index is 0.257. The fourth-order valence-electron chi connectivity index (χ4n) is 1.84. The molecule has 0 radical (unpaired) electrons. The minimum atomic E-state index is -0.439. The molecule has 1 heterocycles. The highest BCUT2D eigenvalue weighted by Gasteiger charge is 2.01. The number of alkyl carbamates (subject to hydrolysis) is 1. The number of hydrogen-bond acceptors (Lipinski definition) is 4. The summed E-state index contributed by atoms with van der Waals surface area (Å²) in [6.07, 6.45) is 5.42. The predicted molar refractivity (Wildman–Crippen MR) is 91.9 cm³/mol. The van der Waals surface area contributed by atoms with Crippen molar-refractivity contribution in [1.82, 2.24) is 10.3 Å². The second kappa shape index (κ2) is 8.80. The Bertz CT molecular complexity index is 675. The molecule has 5 nitrogen and oxygen atoms in total. The summed E-state index contributed by atoms with van der Waals surface area (Å²) in [4.78, 5) is 15.5. The summed E-state index contributed by atoms with van der Waals surface area (Å²) in [7, 11) is 0. The van der Waals surface area contributed by atoms with E-state index in [2.05, 4.69) is 10.3 Å². The van der Waals surface area contributed by atoms with Gasteiger partial charge >= 0.3 is 6.09 Å². The first-order valence-electron chi connectivity index (χ1n) is 7.17. The lowest BCUT2D eigenvalue weighted by Crippen LogP contribution is -2.24. The molecule has 0 unspecified atom stereocenters. The fourth-order valence-corrected chi connectivity index (χ4v) is 2.01. The number of ether oxygens (including phenoxy) is 1. The monoisotopic (exact) mass is 331 g/mol. The molecule has 0 spiro atoms. The van der Waals surface area contributed by atoms with E-state index in [1.165, 1.54) is 6.20 Å². The van der Waals surface area contributed by atoms with Gasteiger partial charge in [-0.15, -0.1) is 0 Å². The first kappa shape index (κ1) is 16.8. The molecule has 0 aliphatic carbocycles. The molecule has 2 aromatic rings. The van der Waals surface area contributed by atoms with Crippen LogP contribution in [0.2, 0.25) is 5.02 Å². The molecule has 3 N–H and O–H groups in total. The van der Waals surface area contributed by atoms with Crippen molar-refractivity contribution in [3.05, 3.63) is 64.8 Å². The van der Waals surface area contributed by atoms with E-state index in [1.54, 1.807) is 6.07 Å². The summed E-state index contributed by atoms with van der Waals surface area (Å²) in [6, 6.07) is 11.3. The molecule has 0 atom stereocenters. The number of halogens is 1. The average Bonchev–Trinajstić information content (AvgIpc) is 2.56. The fraction of sp³-hybridized carbons (Fsp3) is 0.176. The van der Waals surface area contributed by atoms with Crippen LogP contribution in [0.5, 0.6) is 0 Å². The van der Waals surface area contributed by atoms with Crippen LogP contribution in [0.4, 0.5) is 10.6 Å². The quantitative estimate of drug-likeness (QED) is 0.792. The highest BCUT2D eigenvalue weighted by molar-refractivity contribution is 6.30. The van der Waals surface area contributed by atoms with Gasteiger partial charge in [-0.05, 0) is 18.1 Å². The number of anilines is 1. The predicted octanol–water partition coefficient (Wildman–Crippen LogP) is 3.65. The van der Waals surface area contributed by atoms with Crippen molar-refractivity contribution in [3.8, 4) is 0 Å². The van der Waals surface area contributed by atoms with Crippen LogP contribution in [0, 0.1) is 0 Å². The number of nitrogens with zero attached hydrogens (tertiary/aromatic N) is 1. The molecule has 0 aliphatic rings. The van der Waals surface area contributed by atoms with E-state index in [4.69, 9.17) is 22.1 Å². The Hall–Kier alpha value is -2.53. The number of carbonyl (C=O) groups excluding carboxylic acids is 1. The maximum atomic E-state index is 11.5. The van der Waals surface area contributed by atoms with Crippen LogP contribution in [0.3, 0.4) is 0 Å². The van der Waals surface area contributed by atoms with Crippen LogP contribution >= 0.6 is 11.6 Å². The highest BCUT2D eigenvalue weighted by atomic mass is 35.5. The van der Waals surface area contributed by atoms with Gasteiger partial charge in [-0.1, -0.05) is 54.1 Å². The van der Waals surface area contributed by atoms with E-state index in [0.29, 0.717) is 23.8 Å². The second-order valence-electron chi connectivity index (χ2n) is 4.81. The number of nitrogen functional groups attached to an aromatic ring is 1. The Labute approximate surface area is 140 Å². The second-order valence-corrected chi connectivity index (χ2v) is 5.24. The minimum Gasteiger partial charge on any atom is -0.445 e. The van der Waals surface area contributed by atoms with Gasteiger partial charge in [0.1, 0.15) is 12.4 Å². The number of benzene rings is 1. The van der Waals surface area contributed by atoms with Crippen LogP contribution in [0.15, 0.2) is 48.7 Å². The molecule has 1 aromatic heterocycles. The van der Waals surface area contributed by atoms with E-state index < -0.39 is 6.09 Å². The van der Waals surface area contributed by atoms with Gasteiger partial charge in [0.25, 0.3) is 0 Å². The molecule has 0 saturated heterocycles. The largest absolute Gasteiger partial charge is 0.445 e. The first-order valence-corrected chi connectivity index (χ1v) is 7.55. The van der Waals surface area contributed by atoms with E-state index in [9.17, 15) is 4.79 Å². The number of carbonyl (C=O) groups is 1. The Morgan fingerprint density at radius 1 is 1.35 bits per heavy atom. The number of amides is 1. The number of pyridine rings is 1. The van der Waals surface area contributed by atoms with Crippen LogP contribution in [-0.4, -0.2) is 17.6 Å². The van der Waals surface area contributed by atoms with Gasteiger partial charge < -0.3 is 15.8 Å². The molecule has 120 valence electrons. The zero-order valence-electron chi connectivity index (χ0n) is 12.5. The molecular weight excluding hydrogens is 314 g/mol. The topological polar surface area (TPSA) is 77.2 Å². The number of rotatable bonds is 6. The molecule has 0 saturated carbocycles. The molecule has 0 aliphatic heterocycles. The van der Waals surface area contributed by atoms with Gasteiger partial charge in [0.05, 0.1) is 5.02 Å². The number of hydrogen-bond donors (Lipinski definition) is 2. The lowest BCUT2D eigenvalue weighted by atomic mass is 10.2. The van der Waals surface area contributed by atoms with Crippen molar-refractivity contribution in [1.29, 1.82) is 0 Å². The zero-order valence-corrected chi connectivity index (χ0v) is 13.3. The smallest absolute Gasteiger partial charge is 0.407 e. The molecule has 23 heavy (non-hydrogen) atoms. The molecule has 6 heteroatoms. The summed E-state index contributed by atoms with van der Waals surface area (Å²) in [5.41, 5.74) is 7.44. The third kappa shape index (κ3) is 6.00. The summed E-state index contributed by atoms with van der Waals surface area (Å²) < 4.78 is 5.11. The van der Waals surface area contributed by atoms with E-state index in [1.807, 2.05) is 42.5 Å². The zero-order chi connectivity index (χ0) is 16.5. The summed E-state index contributed by atoms with van der Waals surface area (Å²) in [5, 5.41) is 3.21. The van der Waals surface area contributed by atoms with Gasteiger partial charge in [-0.3, -0.25) is 0 Å².